The molecule has 0 unspecified atom stereocenters. The number of ether oxygens (including phenoxy) is 1. The molecule has 2 heterocycles. The Bertz CT molecular complexity index is 790. The van der Waals surface area contributed by atoms with Crippen LogP contribution in [0, 0.1) is 12.7 Å². The van der Waals surface area contributed by atoms with Gasteiger partial charge in [-0.3, -0.25) is 0 Å². The summed E-state index contributed by atoms with van der Waals surface area (Å²) in [6.45, 7) is 1.94. The van der Waals surface area contributed by atoms with Crippen molar-refractivity contribution in [3.05, 3.63) is 46.9 Å². The van der Waals surface area contributed by atoms with Gasteiger partial charge in [-0.15, -0.1) is 11.3 Å². The summed E-state index contributed by atoms with van der Waals surface area (Å²) in [5, 5.41) is 2.76. The number of nitrogens with zero attached hydrogens (tertiary/aromatic N) is 2. The van der Waals surface area contributed by atoms with Crippen LogP contribution in [0.2, 0.25) is 0 Å². The summed E-state index contributed by atoms with van der Waals surface area (Å²) in [6.07, 6.45) is 0. The van der Waals surface area contributed by atoms with Crippen LogP contribution in [0.25, 0.3) is 10.2 Å². The molecule has 108 valence electrons. The first-order valence-electron chi connectivity index (χ1n) is 6.27. The fourth-order valence-electron chi connectivity index (χ4n) is 1.94. The van der Waals surface area contributed by atoms with Gasteiger partial charge in [-0.1, -0.05) is 6.07 Å². The smallest absolute Gasteiger partial charge is 0.169 e. The number of rotatable bonds is 4. The minimum Gasteiger partial charge on any atom is -0.483 e. The van der Waals surface area contributed by atoms with Crippen molar-refractivity contribution < 1.29 is 9.13 Å². The van der Waals surface area contributed by atoms with Crippen LogP contribution in [0.4, 0.5) is 10.2 Å². The Morgan fingerprint density at radius 1 is 1.33 bits per heavy atom. The molecule has 21 heavy (non-hydrogen) atoms. The van der Waals surface area contributed by atoms with Crippen molar-refractivity contribution >= 4 is 27.4 Å². The zero-order valence-electron chi connectivity index (χ0n) is 11.3. The lowest BCUT2D eigenvalue weighted by Gasteiger charge is -2.08. The summed E-state index contributed by atoms with van der Waals surface area (Å²) in [5.74, 6) is 6.21. The van der Waals surface area contributed by atoms with E-state index in [1.807, 2.05) is 18.4 Å². The zero-order chi connectivity index (χ0) is 14.8. The molecule has 7 heteroatoms. The van der Waals surface area contributed by atoms with Gasteiger partial charge in [0.1, 0.15) is 11.4 Å². The predicted octanol–water partition coefficient (Wildman–Crippen LogP) is 3.00. The Morgan fingerprint density at radius 3 is 3.00 bits per heavy atom. The number of nitrogens with one attached hydrogen (secondary N) is 1. The third-order valence-corrected chi connectivity index (χ3v) is 3.76. The van der Waals surface area contributed by atoms with Gasteiger partial charge in [-0.2, -0.15) is 0 Å². The van der Waals surface area contributed by atoms with Gasteiger partial charge in [-0.25, -0.2) is 20.2 Å². The summed E-state index contributed by atoms with van der Waals surface area (Å²) in [6, 6.07) is 6.59. The molecule has 0 amide bonds. The van der Waals surface area contributed by atoms with Crippen molar-refractivity contribution in [1.29, 1.82) is 0 Å². The number of hydrazine groups is 1. The SMILES string of the molecule is Cc1ccc(F)c(OCc2nc(NN)c3ccsc3n2)c1. The van der Waals surface area contributed by atoms with E-state index >= 15 is 0 Å². The van der Waals surface area contributed by atoms with Crippen LogP contribution in [0.5, 0.6) is 5.75 Å². The highest BCUT2D eigenvalue weighted by Gasteiger charge is 2.10. The van der Waals surface area contributed by atoms with Gasteiger partial charge in [0.25, 0.3) is 0 Å². The molecule has 3 aromatic rings. The monoisotopic (exact) mass is 304 g/mol. The quantitative estimate of drug-likeness (QED) is 0.572. The van der Waals surface area contributed by atoms with Crippen molar-refractivity contribution in [2.75, 3.05) is 5.43 Å². The number of nitrogens with two attached hydrogens (primary N) is 1. The fraction of sp³-hybridized carbons (Fsp3) is 0.143. The van der Waals surface area contributed by atoms with E-state index in [1.54, 1.807) is 12.1 Å². The van der Waals surface area contributed by atoms with Crippen LogP contribution in [0.15, 0.2) is 29.6 Å². The highest BCUT2D eigenvalue weighted by molar-refractivity contribution is 7.16. The van der Waals surface area contributed by atoms with Crippen molar-refractivity contribution in [2.24, 2.45) is 5.84 Å². The maximum Gasteiger partial charge on any atom is 0.169 e. The number of fused-ring (bicyclic) bond motifs is 1. The van der Waals surface area contributed by atoms with E-state index in [4.69, 9.17) is 10.6 Å². The molecular formula is C14H13FN4OS. The van der Waals surface area contributed by atoms with Crippen LogP contribution in [-0.2, 0) is 6.61 Å². The van der Waals surface area contributed by atoms with E-state index in [-0.39, 0.29) is 12.4 Å². The average molecular weight is 304 g/mol. The van der Waals surface area contributed by atoms with E-state index < -0.39 is 5.82 Å². The van der Waals surface area contributed by atoms with Crippen LogP contribution in [0.3, 0.4) is 0 Å². The normalized spacial score (nSPS) is 10.8. The van der Waals surface area contributed by atoms with E-state index in [1.165, 1.54) is 17.4 Å². The summed E-state index contributed by atoms with van der Waals surface area (Å²) in [4.78, 5) is 9.45. The van der Waals surface area contributed by atoms with Crippen LogP contribution < -0.4 is 16.0 Å². The zero-order valence-corrected chi connectivity index (χ0v) is 12.1. The third-order valence-electron chi connectivity index (χ3n) is 2.95. The van der Waals surface area contributed by atoms with Gasteiger partial charge in [0, 0.05) is 0 Å². The first-order valence-corrected chi connectivity index (χ1v) is 7.15. The standard InChI is InChI=1S/C14H13FN4OS/c1-8-2-3-10(15)11(6-8)20-7-12-17-13(19-16)9-4-5-21-14(9)18-12/h2-6H,7,16H2,1H3,(H,17,18,19). The number of thiophene rings is 1. The molecule has 3 rings (SSSR count). The van der Waals surface area contributed by atoms with E-state index in [2.05, 4.69) is 15.4 Å². The van der Waals surface area contributed by atoms with E-state index in [0.29, 0.717) is 11.6 Å². The molecular weight excluding hydrogens is 291 g/mol. The lowest BCUT2D eigenvalue weighted by Crippen LogP contribution is -2.11. The predicted molar refractivity (Wildman–Crippen MR) is 80.7 cm³/mol. The molecule has 0 bridgehead atoms. The Labute approximate surface area is 124 Å². The van der Waals surface area contributed by atoms with E-state index in [9.17, 15) is 4.39 Å². The summed E-state index contributed by atoms with van der Waals surface area (Å²) in [5.41, 5.74) is 3.46. The molecule has 0 aliphatic heterocycles. The van der Waals surface area contributed by atoms with Crippen LogP contribution in [-0.4, -0.2) is 9.97 Å². The maximum atomic E-state index is 13.6. The number of hydrogen-bond acceptors (Lipinski definition) is 6. The van der Waals surface area contributed by atoms with Gasteiger partial charge in [0.05, 0.1) is 5.39 Å². The van der Waals surface area contributed by atoms with Crippen molar-refractivity contribution in [3.8, 4) is 5.75 Å². The topological polar surface area (TPSA) is 73.1 Å². The molecule has 0 aliphatic carbocycles. The summed E-state index contributed by atoms with van der Waals surface area (Å²) in [7, 11) is 0. The van der Waals surface area contributed by atoms with Crippen molar-refractivity contribution in [1.82, 2.24) is 9.97 Å². The van der Waals surface area contributed by atoms with Crippen LogP contribution in [0.1, 0.15) is 11.4 Å². The number of anilines is 1. The van der Waals surface area contributed by atoms with Crippen molar-refractivity contribution in [2.45, 2.75) is 13.5 Å². The second kappa shape index (κ2) is 5.63. The lowest BCUT2D eigenvalue weighted by molar-refractivity contribution is 0.281. The Kier molecular flexibility index (Phi) is 3.68. The summed E-state index contributed by atoms with van der Waals surface area (Å²) < 4.78 is 19.1. The Hall–Kier alpha value is -2.25. The molecule has 0 saturated heterocycles. The minimum absolute atomic E-state index is 0.0723. The Morgan fingerprint density at radius 2 is 2.19 bits per heavy atom. The largest absolute Gasteiger partial charge is 0.483 e. The second-order valence-corrected chi connectivity index (χ2v) is 5.39. The number of halogens is 1. The summed E-state index contributed by atoms with van der Waals surface area (Å²) >= 11 is 1.48. The first kappa shape index (κ1) is 13.7. The van der Waals surface area contributed by atoms with Gasteiger partial charge >= 0.3 is 0 Å². The highest BCUT2D eigenvalue weighted by Crippen LogP contribution is 2.25. The Balaban J connectivity index is 1.86. The van der Waals surface area contributed by atoms with Gasteiger partial charge < -0.3 is 10.2 Å². The van der Waals surface area contributed by atoms with Gasteiger partial charge in [-0.05, 0) is 36.1 Å². The minimum atomic E-state index is -0.407. The second-order valence-electron chi connectivity index (χ2n) is 4.49. The average Bonchev–Trinajstić information content (AvgIpc) is 2.95. The number of aryl methyl sites for hydroxylation is 1. The molecule has 0 saturated carbocycles. The lowest BCUT2D eigenvalue weighted by atomic mass is 10.2. The van der Waals surface area contributed by atoms with Crippen LogP contribution >= 0.6 is 11.3 Å². The number of benzene rings is 1. The third kappa shape index (κ3) is 2.79. The molecule has 0 radical (unpaired) electrons. The number of aromatic nitrogens is 2. The molecule has 2 aromatic heterocycles. The van der Waals surface area contributed by atoms with Gasteiger partial charge in [0.15, 0.2) is 23.2 Å². The number of nitrogen functional groups attached to an aromatic ring is 1. The molecule has 3 N–H and O–H groups in total. The molecule has 1 aromatic carbocycles. The van der Waals surface area contributed by atoms with Gasteiger partial charge in [0.2, 0.25) is 0 Å². The highest BCUT2D eigenvalue weighted by atomic mass is 32.1. The molecule has 0 aliphatic rings. The molecule has 5 nitrogen and oxygen atoms in total. The fourth-order valence-corrected chi connectivity index (χ4v) is 2.72. The molecule has 0 spiro atoms. The molecule has 0 atom stereocenters. The number of hydrogen-bond donors (Lipinski definition) is 2. The van der Waals surface area contributed by atoms with Crippen molar-refractivity contribution in [3.63, 3.8) is 0 Å². The van der Waals surface area contributed by atoms with E-state index in [0.717, 1.165) is 15.8 Å². The maximum absolute atomic E-state index is 13.6. The first-order chi connectivity index (χ1) is 10.2. The molecule has 0 fully saturated rings.